The maximum Gasteiger partial charge on any atom is 0.294 e. The molecule has 0 fully saturated rings. The second-order valence-corrected chi connectivity index (χ2v) is 9.17. The van der Waals surface area contributed by atoms with E-state index in [0.717, 1.165) is 33.5 Å². The van der Waals surface area contributed by atoms with Crippen LogP contribution in [0.2, 0.25) is 0 Å². The molecule has 0 saturated heterocycles. The third-order valence-electron chi connectivity index (χ3n) is 6.30. The molecule has 4 aromatic rings. The highest BCUT2D eigenvalue weighted by Crippen LogP contribution is 2.23. The summed E-state index contributed by atoms with van der Waals surface area (Å²) in [7, 11) is 0. The Labute approximate surface area is 210 Å². The number of amides is 2. The van der Waals surface area contributed by atoms with Gasteiger partial charge in [0.15, 0.2) is 0 Å². The Hall–Kier alpha value is -4.26. The zero-order valence-corrected chi connectivity index (χ0v) is 21.3. The molecule has 1 aromatic heterocycles. The van der Waals surface area contributed by atoms with Gasteiger partial charge in [0, 0.05) is 12.6 Å². The first-order valence-electron chi connectivity index (χ1n) is 11.9. The molecular formula is C29H30N4O3. The van der Waals surface area contributed by atoms with Gasteiger partial charge in [-0.05, 0) is 62.1 Å². The van der Waals surface area contributed by atoms with Crippen molar-refractivity contribution in [2.24, 2.45) is 0 Å². The van der Waals surface area contributed by atoms with E-state index in [2.05, 4.69) is 10.3 Å². The van der Waals surface area contributed by atoms with Crippen molar-refractivity contribution in [2.75, 3.05) is 10.2 Å². The third kappa shape index (κ3) is 5.05. The fraction of sp³-hybridized carbons (Fsp3) is 0.241. The van der Waals surface area contributed by atoms with Gasteiger partial charge in [-0.3, -0.25) is 23.9 Å². The standard InChI is InChI=1S/C29H30N4O3/c1-18-14-20(3)27(21(4)15-18)31-26(35)17-33-25-13-9-8-12-24(25)30-28(29(33)36)32(22(5)34)16-23-11-7-6-10-19(23)2/h6-15H,16-17H2,1-5H3,(H,31,35). The van der Waals surface area contributed by atoms with Gasteiger partial charge in [-0.25, -0.2) is 4.98 Å². The summed E-state index contributed by atoms with van der Waals surface area (Å²) in [6.07, 6.45) is 0. The monoisotopic (exact) mass is 482 g/mol. The average Bonchev–Trinajstić information content (AvgIpc) is 2.82. The van der Waals surface area contributed by atoms with Crippen LogP contribution in [0.15, 0.2) is 65.5 Å². The Morgan fingerprint density at radius 1 is 0.917 bits per heavy atom. The van der Waals surface area contributed by atoms with Gasteiger partial charge < -0.3 is 5.32 Å². The maximum absolute atomic E-state index is 13.7. The SMILES string of the molecule is CC(=O)N(Cc1ccccc1C)c1nc2ccccc2n(CC(=O)Nc2c(C)cc(C)cc2C)c1=O. The Morgan fingerprint density at radius 2 is 1.56 bits per heavy atom. The van der Waals surface area contributed by atoms with E-state index in [0.29, 0.717) is 11.0 Å². The van der Waals surface area contributed by atoms with Crippen LogP contribution in [0.3, 0.4) is 0 Å². The fourth-order valence-electron chi connectivity index (χ4n) is 4.50. The summed E-state index contributed by atoms with van der Waals surface area (Å²) in [5.74, 6) is -0.636. The number of fused-ring (bicyclic) bond motifs is 1. The minimum absolute atomic E-state index is 0.0000462. The van der Waals surface area contributed by atoms with Gasteiger partial charge in [0.25, 0.3) is 5.56 Å². The lowest BCUT2D eigenvalue weighted by atomic mass is 10.1. The van der Waals surface area contributed by atoms with E-state index in [4.69, 9.17) is 0 Å². The molecule has 36 heavy (non-hydrogen) atoms. The molecule has 0 radical (unpaired) electrons. The van der Waals surface area contributed by atoms with Gasteiger partial charge in [-0.1, -0.05) is 54.1 Å². The van der Waals surface area contributed by atoms with E-state index < -0.39 is 5.56 Å². The fourth-order valence-corrected chi connectivity index (χ4v) is 4.50. The average molecular weight is 483 g/mol. The molecule has 7 heteroatoms. The van der Waals surface area contributed by atoms with Gasteiger partial charge in [-0.2, -0.15) is 0 Å². The minimum Gasteiger partial charge on any atom is -0.324 e. The highest BCUT2D eigenvalue weighted by atomic mass is 16.2. The number of carbonyl (C=O) groups excluding carboxylic acids is 2. The maximum atomic E-state index is 13.7. The van der Waals surface area contributed by atoms with Crippen LogP contribution in [0.1, 0.15) is 34.7 Å². The molecule has 0 bridgehead atoms. The predicted molar refractivity (Wildman–Crippen MR) is 143 cm³/mol. The lowest BCUT2D eigenvalue weighted by Crippen LogP contribution is -2.38. The van der Waals surface area contributed by atoms with Crippen LogP contribution in [-0.4, -0.2) is 21.4 Å². The Balaban J connectivity index is 1.76. The van der Waals surface area contributed by atoms with Gasteiger partial charge in [-0.15, -0.1) is 0 Å². The summed E-state index contributed by atoms with van der Waals surface area (Å²) < 4.78 is 1.39. The van der Waals surface area contributed by atoms with Crippen LogP contribution in [-0.2, 0) is 22.7 Å². The first-order valence-corrected chi connectivity index (χ1v) is 11.9. The van der Waals surface area contributed by atoms with Crippen molar-refractivity contribution >= 4 is 34.4 Å². The number of aromatic nitrogens is 2. The second-order valence-electron chi connectivity index (χ2n) is 9.17. The topological polar surface area (TPSA) is 84.3 Å². The molecule has 2 amide bonds. The highest BCUT2D eigenvalue weighted by molar-refractivity contribution is 5.94. The second kappa shape index (κ2) is 10.2. The van der Waals surface area contributed by atoms with Crippen LogP contribution in [0.4, 0.5) is 11.5 Å². The zero-order chi connectivity index (χ0) is 26.0. The van der Waals surface area contributed by atoms with E-state index in [1.165, 1.54) is 16.4 Å². The lowest BCUT2D eigenvalue weighted by Gasteiger charge is -2.22. The van der Waals surface area contributed by atoms with Crippen molar-refractivity contribution in [3.8, 4) is 0 Å². The van der Waals surface area contributed by atoms with Crippen molar-refractivity contribution in [3.05, 3.63) is 98.8 Å². The minimum atomic E-state index is -0.495. The Morgan fingerprint density at radius 3 is 2.22 bits per heavy atom. The number of hydrogen-bond donors (Lipinski definition) is 1. The molecule has 0 aliphatic carbocycles. The van der Waals surface area contributed by atoms with E-state index in [1.54, 1.807) is 18.2 Å². The Bertz CT molecular complexity index is 1510. The molecule has 4 rings (SSSR count). The van der Waals surface area contributed by atoms with Crippen LogP contribution in [0.5, 0.6) is 0 Å². The quantitative estimate of drug-likeness (QED) is 0.427. The first-order chi connectivity index (χ1) is 17.2. The molecule has 0 aliphatic heterocycles. The van der Waals surface area contributed by atoms with Crippen LogP contribution in [0, 0.1) is 27.7 Å². The molecule has 0 aliphatic rings. The molecule has 1 N–H and O–H groups in total. The molecule has 7 nitrogen and oxygen atoms in total. The van der Waals surface area contributed by atoms with Crippen molar-refractivity contribution in [1.82, 2.24) is 9.55 Å². The Kier molecular flexibility index (Phi) is 7.01. The number of anilines is 2. The van der Waals surface area contributed by atoms with Gasteiger partial charge in [0.05, 0.1) is 17.6 Å². The predicted octanol–water partition coefficient (Wildman–Crippen LogP) is 4.82. The summed E-state index contributed by atoms with van der Waals surface area (Å²) in [6.45, 7) is 9.26. The number of carbonyl (C=O) groups is 2. The number of nitrogens with zero attached hydrogens (tertiary/aromatic N) is 3. The van der Waals surface area contributed by atoms with Crippen molar-refractivity contribution in [1.29, 1.82) is 0 Å². The molecule has 0 spiro atoms. The van der Waals surface area contributed by atoms with Crippen LogP contribution in [0.25, 0.3) is 11.0 Å². The van der Waals surface area contributed by atoms with Gasteiger partial charge >= 0.3 is 0 Å². The van der Waals surface area contributed by atoms with E-state index in [9.17, 15) is 14.4 Å². The molecule has 0 saturated carbocycles. The van der Waals surface area contributed by atoms with Crippen molar-refractivity contribution in [2.45, 2.75) is 47.7 Å². The smallest absolute Gasteiger partial charge is 0.294 e. The van der Waals surface area contributed by atoms with Crippen LogP contribution >= 0.6 is 0 Å². The lowest BCUT2D eigenvalue weighted by molar-refractivity contribution is -0.117. The third-order valence-corrected chi connectivity index (χ3v) is 6.30. The summed E-state index contributed by atoms with van der Waals surface area (Å²) in [6, 6.07) is 18.8. The molecular weight excluding hydrogens is 452 g/mol. The van der Waals surface area contributed by atoms with Crippen molar-refractivity contribution in [3.63, 3.8) is 0 Å². The van der Waals surface area contributed by atoms with E-state index >= 15 is 0 Å². The molecule has 184 valence electrons. The summed E-state index contributed by atoms with van der Waals surface area (Å²) in [5, 5.41) is 2.97. The van der Waals surface area contributed by atoms with Crippen LogP contribution < -0.4 is 15.8 Å². The number of benzene rings is 3. The number of nitrogens with one attached hydrogen (secondary N) is 1. The summed E-state index contributed by atoms with van der Waals surface area (Å²) in [5.41, 5.74) is 6.24. The largest absolute Gasteiger partial charge is 0.324 e. The summed E-state index contributed by atoms with van der Waals surface area (Å²) >= 11 is 0. The molecule has 0 unspecified atom stereocenters. The summed E-state index contributed by atoms with van der Waals surface area (Å²) in [4.78, 5) is 45.5. The highest BCUT2D eigenvalue weighted by Gasteiger charge is 2.22. The number of para-hydroxylation sites is 2. The normalized spacial score (nSPS) is 10.9. The zero-order valence-electron chi connectivity index (χ0n) is 21.3. The van der Waals surface area contributed by atoms with Gasteiger partial charge in [0.1, 0.15) is 6.54 Å². The van der Waals surface area contributed by atoms with Gasteiger partial charge in [0.2, 0.25) is 17.6 Å². The van der Waals surface area contributed by atoms with E-state index in [-0.39, 0.29) is 30.7 Å². The number of rotatable bonds is 6. The van der Waals surface area contributed by atoms with E-state index in [1.807, 2.05) is 70.2 Å². The molecule has 0 atom stereocenters. The molecule has 1 heterocycles. The number of hydrogen-bond acceptors (Lipinski definition) is 4. The number of aryl methyl sites for hydroxylation is 4. The van der Waals surface area contributed by atoms with Crippen molar-refractivity contribution < 1.29 is 9.59 Å². The molecule has 3 aromatic carbocycles. The first kappa shape index (κ1) is 24.9.